The number of para-hydroxylation sites is 7. The Hall–Kier alpha value is -16.8. The van der Waals surface area contributed by atoms with Crippen molar-refractivity contribution in [1.82, 2.24) is 48.2 Å². The van der Waals surface area contributed by atoms with Crippen LogP contribution in [-0.4, -0.2) is 48.2 Å². The zero-order chi connectivity index (χ0) is 82.9. The number of thiophene rings is 1. The average molecular weight is 1630 g/mol. The molecule has 0 radical (unpaired) electrons. The Labute approximate surface area is 726 Å². The Morgan fingerprint density at radius 1 is 0.175 bits per heavy atom. The molecule has 12 heteroatoms. The number of fused-ring (bicyclic) bond motifs is 18. The summed E-state index contributed by atoms with van der Waals surface area (Å²) in [6.07, 6.45) is 0. The predicted octanol–water partition coefficient (Wildman–Crippen LogP) is 29.7. The van der Waals surface area contributed by atoms with Crippen molar-refractivity contribution >= 4 is 141 Å². The van der Waals surface area contributed by atoms with E-state index < -0.39 is 0 Å². The normalized spacial score (nSPS) is 11.8. The van der Waals surface area contributed by atoms with Crippen molar-refractivity contribution in [2.45, 2.75) is 0 Å². The monoisotopic (exact) mass is 1630 g/mol. The summed E-state index contributed by atoms with van der Waals surface area (Å²) in [7, 11) is 0. The molecule has 0 aliphatic rings. The van der Waals surface area contributed by atoms with Crippen molar-refractivity contribution in [1.29, 1.82) is 0 Å². The van der Waals surface area contributed by atoms with Crippen LogP contribution in [0.2, 0.25) is 0 Å². The SMILES string of the molecule is c1ccc(-c2nc(-c3ccccc3)nc(-c3ccc(-n4c5ccccc5c5cc(-c6ccc7c(c6)c6ccccc6n7-c6cccc7c6oc6ccccc67)ccc54)cc3)n2)cc1.c1ccc(-c2nc(-c3ccccc3)nc(-c3ccc4sc5ccc(-n6c7ccccc7c7cc(-c8ccc9c(c8)c8ccccc8n9-c8ccccc8)ccc76)cc5c4c3)n2)cc1. The summed E-state index contributed by atoms with van der Waals surface area (Å²) in [6, 6.07) is 150. The number of aromatic nitrogens is 10. The highest BCUT2D eigenvalue weighted by molar-refractivity contribution is 7.25. The smallest absolute Gasteiger partial charge is 0.164 e. The highest BCUT2D eigenvalue weighted by Crippen LogP contribution is 2.46. The van der Waals surface area contributed by atoms with Crippen molar-refractivity contribution in [2.24, 2.45) is 0 Å². The summed E-state index contributed by atoms with van der Waals surface area (Å²) < 4.78 is 18.5. The number of furan rings is 1. The van der Waals surface area contributed by atoms with Crippen LogP contribution in [0.15, 0.2) is 429 Å². The molecule has 588 valence electrons. The standard InChI is InChI=1S/C57H35N5O.C57H35N5S/c1-3-14-36(15-4-1)55-58-56(37-16-5-2-6-17-37)60-57(59-55)38-26-30-41(31-27-38)61-48-22-10-7-18-42(48)46-34-39(28-32-50(46)61)40-29-33-51-47(35-40)43-19-8-11-23-49(43)62(51)52-24-13-21-45-44-20-9-12-25-53(44)63-54(45)52;1-4-14-36(15-5-1)55-58-56(37-16-6-2-7-17-37)60-57(59-55)40-26-30-53-47(34-40)48-35-42(27-31-54(48)63-53)62-50-23-13-11-21-44(50)46-33-39(25-29-52(46)62)38-24-28-51-45(32-38)43-20-10-12-22-49(43)61(51)41-18-8-3-9-19-41/h2*1-35H. The summed E-state index contributed by atoms with van der Waals surface area (Å²) in [4.78, 5) is 29.8. The molecule has 0 atom stereocenters. The first-order valence-corrected chi connectivity index (χ1v) is 43.2. The fraction of sp³-hybridized carbons (Fsp3) is 0. The molecule has 0 fully saturated rings. The minimum Gasteiger partial charge on any atom is -0.454 e. The van der Waals surface area contributed by atoms with Crippen LogP contribution in [0.25, 0.3) is 243 Å². The molecule has 0 amide bonds. The Kier molecular flexibility index (Phi) is 16.9. The van der Waals surface area contributed by atoms with Gasteiger partial charge in [0.15, 0.2) is 40.5 Å². The molecule has 0 saturated carbocycles. The fourth-order valence-electron chi connectivity index (χ4n) is 18.9. The molecule has 0 spiro atoms. The number of rotatable bonds is 12. The molecule has 126 heavy (non-hydrogen) atoms. The second-order valence-electron chi connectivity index (χ2n) is 32.0. The minimum absolute atomic E-state index is 0.632. The largest absolute Gasteiger partial charge is 0.454 e. The van der Waals surface area contributed by atoms with Crippen molar-refractivity contribution in [3.05, 3.63) is 425 Å². The van der Waals surface area contributed by atoms with E-state index >= 15 is 0 Å². The molecule has 0 N–H and O–H groups in total. The van der Waals surface area contributed by atoms with Gasteiger partial charge in [-0.3, -0.25) is 0 Å². The summed E-state index contributed by atoms with van der Waals surface area (Å²) in [5.41, 5.74) is 25.9. The number of nitrogens with zero attached hydrogens (tertiary/aromatic N) is 10. The van der Waals surface area contributed by atoms with Gasteiger partial charge < -0.3 is 22.7 Å². The van der Waals surface area contributed by atoms with Crippen LogP contribution < -0.4 is 0 Å². The zero-order valence-electron chi connectivity index (χ0n) is 67.7. The summed E-state index contributed by atoms with van der Waals surface area (Å²) in [5, 5.41) is 14.4. The van der Waals surface area contributed by atoms with E-state index in [1.165, 1.54) is 96.5 Å². The first-order valence-electron chi connectivity index (χ1n) is 42.4. The number of hydrogen-bond donors (Lipinski definition) is 0. The Bertz CT molecular complexity index is 8720. The van der Waals surface area contributed by atoms with E-state index in [0.29, 0.717) is 34.9 Å². The molecule has 0 unspecified atom stereocenters. The minimum atomic E-state index is 0.632. The van der Waals surface area contributed by atoms with Gasteiger partial charge in [0.1, 0.15) is 5.58 Å². The van der Waals surface area contributed by atoms with Gasteiger partial charge in [0.25, 0.3) is 0 Å². The van der Waals surface area contributed by atoms with E-state index in [1.54, 1.807) is 0 Å². The zero-order valence-corrected chi connectivity index (χ0v) is 68.5. The maximum atomic E-state index is 6.54. The third-order valence-electron chi connectivity index (χ3n) is 24.7. The van der Waals surface area contributed by atoms with Gasteiger partial charge in [-0.05, 0) is 180 Å². The first-order chi connectivity index (χ1) is 62.4. The van der Waals surface area contributed by atoms with Gasteiger partial charge in [0.2, 0.25) is 0 Å². The van der Waals surface area contributed by atoms with E-state index in [-0.39, 0.29) is 0 Å². The van der Waals surface area contributed by atoms with E-state index in [4.69, 9.17) is 34.3 Å². The highest BCUT2D eigenvalue weighted by atomic mass is 32.1. The molecule has 0 aliphatic heterocycles. The lowest BCUT2D eigenvalue weighted by Crippen LogP contribution is -2.00. The van der Waals surface area contributed by atoms with Crippen LogP contribution in [0.4, 0.5) is 0 Å². The van der Waals surface area contributed by atoms with Gasteiger partial charge in [-0.2, -0.15) is 0 Å². The molecular formula is C114H70N10OS. The quantitative estimate of drug-likeness (QED) is 0.120. The fourth-order valence-corrected chi connectivity index (χ4v) is 19.9. The molecular weight excluding hydrogens is 1560 g/mol. The Morgan fingerprint density at radius 2 is 0.460 bits per heavy atom. The maximum Gasteiger partial charge on any atom is 0.164 e. The second kappa shape index (κ2) is 29.5. The van der Waals surface area contributed by atoms with Crippen molar-refractivity contribution in [3.8, 4) is 113 Å². The van der Waals surface area contributed by atoms with Crippen molar-refractivity contribution in [3.63, 3.8) is 0 Å². The van der Waals surface area contributed by atoms with Gasteiger partial charge in [-0.15, -0.1) is 11.3 Å². The molecule has 0 aliphatic carbocycles. The molecule has 18 aromatic carbocycles. The van der Waals surface area contributed by atoms with Crippen LogP contribution in [-0.2, 0) is 0 Å². The Morgan fingerprint density at radius 3 is 0.897 bits per heavy atom. The number of hydrogen-bond acceptors (Lipinski definition) is 8. The van der Waals surface area contributed by atoms with Crippen LogP contribution in [0, 0.1) is 0 Å². The maximum absolute atomic E-state index is 6.54. The van der Waals surface area contributed by atoms with Crippen LogP contribution in [0.5, 0.6) is 0 Å². The van der Waals surface area contributed by atoms with Crippen LogP contribution in [0.1, 0.15) is 0 Å². The summed E-state index contributed by atoms with van der Waals surface area (Å²) in [6.45, 7) is 0. The highest BCUT2D eigenvalue weighted by Gasteiger charge is 2.24. The summed E-state index contributed by atoms with van der Waals surface area (Å²) >= 11 is 1.82. The molecule has 26 rings (SSSR count). The second-order valence-corrected chi connectivity index (χ2v) is 33.1. The van der Waals surface area contributed by atoms with E-state index in [2.05, 4.69) is 309 Å². The molecule has 0 bridgehead atoms. The lowest BCUT2D eigenvalue weighted by Gasteiger charge is -2.11. The van der Waals surface area contributed by atoms with E-state index in [1.807, 2.05) is 145 Å². The molecule has 11 nitrogen and oxygen atoms in total. The number of benzene rings is 18. The molecule has 26 aromatic rings. The third kappa shape index (κ3) is 12.1. The van der Waals surface area contributed by atoms with Gasteiger partial charge in [0.05, 0.1) is 49.8 Å². The van der Waals surface area contributed by atoms with Gasteiger partial charge in [-0.1, -0.05) is 267 Å². The van der Waals surface area contributed by atoms with Gasteiger partial charge in [0, 0.05) is 124 Å². The molecule has 8 heterocycles. The van der Waals surface area contributed by atoms with Crippen molar-refractivity contribution in [2.75, 3.05) is 0 Å². The molecule has 8 aromatic heterocycles. The predicted molar refractivity (Wildman–Crippen MR) is 521 cm³/mol. The lowest BCUT2D eigenvalue weighted by atomic mass is 10.0. The Balaban J connectivity index is 0.000000137. The van der Waals surface area contributed by atoms with Crippen LogP contribution >= 0.6 is 11.3 Å². The van der Waals surface area contributed by atoms with Gasteiger partial charge in [-0.25, -0.2) is 29.9 Å². The average Bonchev–Trinajstić information content (AvgIpc) is 1.58. The van der Waals surface area contributed by atoms with Crippen molar-refractivity contribution < 1.29 is 4.42 Å². The van der Waals surface area contributed by atoms with E-state index in [9.17, 15) is 0 Å². The molecule has 0 saturated heterocycles. The third-order valence-corrected chi connectivity index (χ3v) is 25.9. The van der Waals surface area contributed by atoms with E-state index in [0.717, 1.165) is 111 Å². The summed E-state index contributed by atoms with van der Waals surface area (Å²) in [5.74, 6) is 3.89. The topological polar surface area (TPSA) is 110 Å². The first kappa shape index (κ1) is 72.1. The van der Waals surface area contributed by atoms with Gasteiger partial charge >= 0.3 is 0 Å². The van der Waals surface area contributed by atoms with Crippen LogP contribution in [0.3, 0.4) is 0 Å². The lowest BCUT2D eigenvalue weighted by molar-refractivity contribution is 0.666.